The number of hydrogen-bond acceptors (Lipinski definition) is 4. The zero-order valence-electron chi connectivity index (χ0n) is 10.0. The van der Waals surface area contributed by atoms with Crippen LogP contribution in [0.15, 0.2) is 17.2 Å². The van der Waals surface area contributed by atoms with Gasteiger partial charge in [0.05, 0.1) is 10.7 Å². The molecule has 0 amide bonds. The fourth-order valence-corrected chi connectivity index (χ4v) is 1.98. The lowest BCUT2D eigenvalue weighted by Gasteiger charge is -2.08. The van der Waals surface area contributed by atoms with Gasteiger partial charge < -0.3 is 9.84 Å². The van der Waals surface area contributed by atoms with Crippen LogP contribution in [-0.2, 0) is 11.2 Å². The smallest absolute Gasteiger partial charge is 0.351 e. The minimum absolute atomic E-state index is 0.00864. The van der Waals surface area contributed by atoms with E-state index in [1.165, 1.54) is 6.92 Å². The number of anilines is 1. The van der Waals surface area contributed by atoms with Gasteiger partial charge in [0.1, 0.15) is 17.6 Å². The Kier molecular flexibility index (Phi) is 3.43. The second-order valence-corrected chi connectivity index (χ2v) is 4.56. The molecule has 1 unspecified atom stereocenters. The maximum absolute atomic E-state index is 10.6. The van der Waals surface area contributed by atoms with Gasteiger partial charge in [-0.05, 0) is 26.0 Å². The lowest BCUT2D eigenvalue weighted by atomic mass is 10.1. The predicted molar refractivity (Wildman–Crippen MR) is 69.6 cm³/mol. The van der Waals surface area contributed by atoms with Gasteiger partial charge in [0.25, 0.3) is 0 Å². The van der Waals surface area contributed by atoms with Crippen LogP contribution in [0.25, 0.3) is 0 Å². The predicted octanol–water partition coefficient (Wildman–Crippen LogP) is 2.54. The molecule has 1 aromatic rings. The topological polar surface area (TPSA) is 70.9 Å². The molecule has 0 aromatic heterocycles. The summed E-state index contributed by atoms with van der Waals surface area (Å²) < 4.78 is 5.60. The SMILES string of the molecule is CC(=NNc1ccc(Cl)c2c1CC(C)O2)C(=O)O. The highest BCUT2D eigenvalue weighted by molar-refractivity contribution is 6.34. The quantitative estimate of drug-likeness (QED) is 0.653. The van der Waals surface area contributed by atoms with E-state index in [1.54, 1.807) is 12.1 Å². The number of rotatable bonds is 3. The van der Waals surface area contributed by atoms with Crippen LogP contribution >= 0.6 is 11.6 Å². The van der Waals surface area contributed by atoms with E-state index < -0.39 is 5.97 Å². The molecule has 0 bridgehead atoms. The van der Waals surface area contributed by atoms with Crippen LogP contribution in [0.3, 0.4) is 0 Å². The Bertz CT molecular complexity index is 528. The molecule has 5 nitrogen and oxygen atoms in total. The standard InChI is InChI=1S/C12H13ClN2O3/c1-6-5-8-10(15-14-7(2)12(16)17)4-3-9(13)11(8)18-6/h3-4,6,15H,5H2,1-2H3,(H,16,17). The maximum Gasteiger partial charge on any atom is 0.351 e. The van der Waals surface area contributed by atoms with Crippen LogP contribution in [0.1, 0.15) is 19.4 Å². The third kappa shape index (κ3) is 2.41. The number of carboxylic acid groups (broad SMARTS) is 1. The molecule has 1 aliphatic rings. The Labute approximate surface area is 109 Å². The highest BCUT2D eigenvalue weighted by Gasteiger charge is 2.24. The molecule has 0 saturated heterocycles. The number of hydrogen-bond donors (Lipinski definition) is 2. The molecule has 2 rings (SSSR count). The van der Waals surface area contributed by atoms with E-state index in [-0.39, 0.29) is 11.8 Å². The minimum atomic E-state index is -1.06. The van der Waals surface area contributed by atoms with Gasteiger partial charge in [-0.1, -0.05) is 11.6 Å². The van der Waals surface area contributed by atoms with Crippen molar-refractivity contribution in [1.82, 2.24) is 0 Å². The number of aliphatic carboxylic acids is 1. The molecule has 2 N–H and O–H groups in total. The summed E-state index contributed by atoms with van der Waals surface area (Å²) in [6.45, 7) is 3.37. The number of carboxylic acids is 1. The Morgan fingerprint density at radius 3 is 3.00 bits per heavy atom. The van der Waals surface area contributed by atoms with Gasteiger partial charge in [0.15, 0.2) is 0 Å². The average Bonchev–Trinajstić information content (AvgIpc) is 2.70. The molecule has 0 saturated carbocycles. The molecule has 6 heteroatoms. The third-order valence-corrected chi connectivity index (χ3v) is 2.97. The van der Waals surface area contributed by atoms with Crippen molar-refractivity contribution in [2.45, 2.75) is 26.4 Å². The van der Waals surface area contributed by atoms with E-state index in [0.717, 1.165) is 17.7 Å². The van der Waals surface area contributed by atoms with Crippen LogP contribution in [0, 0.1) is 0 Å². The average molecular weight is 269 g/mol. The molecule has 1 atom stereocenters. The number of carbonyl (C=O) groups is 1. The number of nitrogens with zero attached hydrogens (tertiary/aromatic N) is 1. The normalized spacial score (nSPS) is 18.2. The molecule has 0 fully saturated rings. The molecule has 96 valence electrons. The molecule has 1 aliphatic heterocycles. The summed E-state index contributed by atoms with van der Waals surface area (Å²) in [7, 11) is 0. The van der Waals surface area contributed by atoms with E-state index >= 15 is 0 Å². The van der Waals surface area contributed by atoms with Crippen molar-refractivity contribution >= 4 is 29.0 Å². The first-order chi connectivity index (χ1) is 8.49. The van der Waals surface area contributed by atoms with Crippen molar-refractivity contribution in [3.8, 4) is 5.75 Å². The van der Waals surface area contributed by atoms with Crippen LogP contribution < -0.4 is 10.2 Å². The molecular weight excluding hydrogens is 256 g/mol. The van der Waals surface area contributed by atoms with Gasteiger partial charge in [-0.25, -0.2) is 4.79 Å². The molecule has 0 radical (unpaired) electrons. The second-order valence-electron chi connectivity index (χ2n) is 4.15. The van der Waals surface area contributed by atoms with Crippen molar-refractivity contribution < 1.29 is 14.6 Å². The Balaban J connectivity index is 2.29. The van der Waals surface area contributed by atoms with Crippen molar-refractivity contribution in [1.29, 1.82) is 0 Å². The zero-order chi connectivity index (χ0) is 13.3. The van der Waals surface area contributed by atoms with Crippen molar-refractivity contribution in [3.05, 3.63) is 22.7 Å². The summed E-state index contributed by atoms with van der Waals surface area (Å²) in [4.78, 5) is 10.6. The van der Waals surface area contributed by atoms with E-state index in [9.17, 15) is 4.79 Å². The Morgan fingerprint density at radius 2 is 2.33 bits per heavy atom. The van der Waals surface area contributed by atoms with Gasteiger partial charge in [-0.2, -0.15) is 5.10 Å². The lowest BCUT2D eigenvalue weighted by molar-refractivity contribution is -0.129. The van der Waals surface area contributed by atoms with Gasteiger partial charge in [-0.3, -0.25) is 5.43 Å². The van der Waals surface area contributed by atoms with Crippen LogP contribution in [-0.4, -0.2) is 22.9 Å². The number of fused-ring (bicyclic) bond motifs is 1. The Morgan fingerprint density at radius 1 is 1.61 bits per heavy atom. The van der Waals surface area contributed by atoms with E-state index in [2.05, 4.69) is 10.5 Å². The summed E-state index contributed by atoms with van der Waals surface area (Å²) in [6.07, 6.45) is 0.782. The van der Waals surface area contributed by atoms with Gasteiger partial charge in [0.2, 0.25) is 0 Å². The summed E-state index contributed by atoms with van der Waals surface area (Å²) >= 11 is 6.04. The first kappa shape index (κ1) is 12.7. The molecule has 1 heterocycles. The molecule has 18 heavy (non-hydrogen) atoms. The summed E-state index contributed by atoms with van der Waals surface area (Å²) in [5.74, 6) is -0.407. The summed E-state index contributed by atoms with van der Waals surface area (Å²) in [6, 6.07) is 3.47. The maximum atomic E-state index is 10.6. The zero-order valence-corrected chi connectivity index (χ0v) is 10.8. The van der Waals surface area contributed by atoms with Crippen LogP contribution in [0.4, 0.5) is 5.69 Å². The van der Waals surface area contributed by atoms with Crippen molar-refractivity contribution in [2.75, 3.05) is 5.43 Å². The number of ether oxygens (including phenoxy) is 1. The van der Waals surface area contributed by atoms with Gasteiger partial charge in [0, 0.05) is 12.0 Å². The van der Waals surface area contributed by atoms with Crippen molar-refractivity contribution in [3.63, 3.8) is 0 Å². The number of hydrazone groups is 1. The summed E-state index contributed by atoms with van der Waals surface area (Å²) in [5.41, 5.74) is 4.38. The van der Waals surface area contributed by atoms with E-state index in [4.69, 9.17) is 21.4 Å². The molecule has 1 aromatic carbocycles. The van der Waals surface area contributed by atoms with Crippen LogP contribution in [0.2, 0.25) is 5.02 Å². The molecular formula is C12H13ClN2O3. The number of benzene rings is 1. The molecule has 0 spiro atoms. The molecule has 0 aliphatic carbocycles. The third-order valence-electron chi connectivity index (χ3n) is 2.68. The van der Waals surface area contributed by atoms with Gasteiger partial charge in [-0.15, -0.1) is 0 Å². The fourth-order valence-electron chi connectivity index (χ4n) is 1.76. The fraction of sp³-hybridized carbons (Fsp3) is 0.333. The van der Waals surface area contributed by atoms with Gasteiger partial charge >= 0.3 is 5.97 Å². The lowest BCUT2D eigenvalue weighted by Crippen LogP contribution is -2.10. The first-order valence-corrected chi connectivity index (χ1v) is 5.88. The Hall–Kier alpha value is -1.75. The first-order valence-electron chi connectivity index (χ1n) is 5.50. The minimum Gasteiger partial charge on any atom is -0.488 e. The van der Waals surface area contributed by atoms with Crippen molar-refractivity contribution in [2.24, 2.45) is 5.10 Å². The van der Waals surface area contributed by atoms with E-state index in [1.807, 2.05) is 6.92 Å². The number of nitrogens with one attached hydrogen (secondary N) is 1. The van der Waals surface area contributed by atoms with Crippen LogP contribution in [0.5, 0.6) is 5.75 Å². The summed E-state index contributed by atoms with van der Waals surface area (Å²) in [5, 5.41) is 13.1. The largest absolute Gasteiger partial charge is 0.488 e. The number of halogens is 1. The monoisotopic (exact) mass is 268 g/mol. The van der Waals surface area contributed by atoms with E-state index in [0.29, 0.717) is 10.8 Å². The second kappa shape index (κ2) is 4.86. The highest BCUT2D eigenvalue weighted by atomic mass is 35.5. The highest BCUT2D eigenvalue weighted by Crippen LogP contribution is 2.40.